The van der Waals surface area contributed by atoms with Gasteiger partial charge >= 0.3 is 0 Å². The molecule has 0 radical (unpaired) electrons. The van der Waals surface area contributed by atoms with Crippen molar-refractivity contribution in [3.05, 3.63) is 48.0 Å². The summed E-state index contributed by atoms with van der Waals surface area (Å²) in [6.45, 7) is 1.90. The van der Waals surface area contributed by atoms with E-state index in [0.717, 1.165) is 11.4 Å². The molecule has 1 unspecified atom stereocenters. The molecule has 2 aromatic rings. The number of imidazole rings is 1. The number of rotatable bonds is 2. The molecule has 1 heterocycles. The lowest BCUT2D eigenvalue weighted by Gasteiger charge is -2.10. The number of nitrogens with zero attached hydrogens (tertiary/aromatic N) is 3. The highest BCUT2D eigenvalue weighted by atomic mass is 15.1. The molecule has 1 aromatic carbocycles. The van der Waals surface area contributed by atoms with Crippen LogP contribution in [0.4, 0.5) is 0 Å². The van der Waals surface area contributed by atoms with Crippen molar-refractivity contribution in [3.63, 3.8) is 0 Å². The number of hydrogen-bond donors (Lipinski definition) is 1. The molecule has 1 aromatic heterocycles. The third-order valence-electron chi connectivity index (χ3n) is 2.39. The van der Waals surface area contributed by atoms with Crippen molar-refractivity contribution in [3.8, 4) is 11.8 Å². The van der Waals surface area contributed by atoms with Crippen molar-refractivity contribution in [2.75, 3.05) is 0 Å². The van der Waals surface area contributed by atoms with E-state index in [1.54, 1.807) is 18.6 Å². The highest BCUT2D eigenvalue weighted by Gasteiger charge is 2.08. The minimum absolute atomic E-state index is 0.0896. The SMILES string of the molecule is CC(N)c1cncn1-c1cccc(C#N)c1. The molecule has 0 bridgehead atoms. The highest BCUT2D eigenvalue weighted by molar-refractivity contribution is 5.42. The van der Waals surface area contributed by atoms with Gasteiger partial charge < -0.3 is 10.3 Å². The standard InChI is InChI=1S/C12H12N4/c1-9(14)12-7-15-8-16(12)11-4-2-3-10(5-11)6-13/h2-5,7-9H,14H2,1H3. The third-order valence-corrected chi connectivity index (χ3v) is 2.39. The minimum atomic E-state index is -0.0896. The lowest BCUT2D eigenvalue weighted by atomic mass is 10.2. The van der Waals surface area contributed by atoms with Gasteiger partial charge in [-0.25, -0.2) is 4.98 Å². The second kappa shape index (κ2) is 4.17. The van der Waals surface area contributed by atoms with Crippen molar-refractivity contribution in [1.82, 2.24) is 9.55 Å². The summed E-state index contributed by atoms with van der Waals surface area (Å²) in [7, 11) is 0. The zero-order valence-electron chi connectivity index (χ0n) is 8.96. The van der Waals surface area contributed by atoms with Crippen molar-refractivity contribution in [1.29, 1.82) is 5.26 Å². The van der Waals surface area contributed by atoms with Crippen LogP contribution in [0, 0.1) is 11.3 Å². The Morgan fingerprint density at radius 3 is 3.00 bits per heavy atom. The molecule has 0 aliphatic rings. The van der Waals surface area contributed by atoms with Gasteiger partial charge in [-0.3, -0.25) is 0 Å². The largest absolute Gasteiger partial charge is 0.323 e. The molecule has 0 amide bonds. The van der Waals surface area contributed by atoms with E-state index in [1.165, 1.54) is 0 Å². The molecular formula is C12H12N4. The normalized spacial score (nSPS) is 12.1. The summed E-state index contributed by atoms with van der Waals surface area (Å²) >= 11 is 0. The van der Waals surface area contributed by atoms with Gasteiger partial charge in [0.1, 0.15) is 0 Å². The van der Waals surface area contributed by atoms with Crippen molar-refractivity contribution in [2.45, 2.75) is 13.0 Å². The summed E-state index contributed by atoms with van der Waals surface area (Å²) in [6.07, 6.45) is 3.44. The van der Waals surface area contributed by atoms with Crippen LogP contribution in [0.15, 0.2) is 36.8 Å². The van der Waals surface area contributed by atoms with Gasteiger partial charge in [-0.1, -0.05) is 6.07 Å². The molecule has 0 saturated carbocycles. The average Bonchev–Trinajstić information content (AvgIpc) is 2.78. The summed E-state index contributed by atoms with van der Waals surface area (Å²) in [6, 6.07) is 9.38. The van der Waals surface area contributed by atoms with E-state index in [9.17, 15) is 0 Å². The Hall–Kier alpha value is -2.12. The molecule has 0 saturated heterocycles. The lowest BCUT2D eigenvalue weighted by molar-refractivity contribution is 0.752. The molecule has 0 aliphatic carbocycles. The molecule has 2 N–H and O–H groups in total. The predicted molar refractivity (Wildman–Crippen MR) is 60.9 cm³/mol. The molecule has 16 heavy (non-hydrogen) atoms. The van der Waals surface area contributed by atoms with Crippen LogP contribution in [-0.4, -0.2) is 9.55 Å². The Morgan fingerprint density at radius 1 is 1.50 bits per heavy atom. The van der Waals surface area contributed by atoms with Gasteiger partial charge in [0.15, 0.2) is 0 Å². The molecule has 0 aliphatic heterocycles. The fourth-order valence-electron chi connectivity index (χ4n) is 1.58. The van der Waals surface area contributed by atoms with Gasteiger partial charge in [-0.05, 0) is 25.1 Å². The summed E-state index contributed by atoms with van der Waals surface area (Å²) in [5.41, 5.74) is 8.30. The zero-order valence-corrected chi connectivity index (χ0v) is 8.96. The van der Waals surface area contributed by atoms with E-state index in [0.29, 0.717) is 5.56 Å². The summed E-state index contributed by atoms with van der Waals surface area (Å²) < 4.78 is 1.89. The van der Waals surface area contributed by atoms with E-state index in [-0.39, 0.29) is 6.04 Å². The summed E-state index contributed by atoms with van der Waals surface area (Å²) in [5.74, 6) is 0. The van der Waals surface area contributed by atoms with Crippen LogP contribution in [0.5, 0.6) is 0 Å². The Morgan fingerprint density at radius 2 is 2.31 bits per heavy atom. The quantitative estimate of drug-likeness (QED) is 0.824. The van der Waals surface area contributed by atoms with Crippen molar-refractivity contribution >= 4 is 0 Å². The second-order valence-corrected chi connectivity index (χ2v) is 3.64. The van der Waals surface area contributed by atoms with E-state index >= 15 is 0 Å². The van der Waals surface area contributed by atoms with E-state index in [2.05, 4.69) is 11.1 Å². The Balaban J connectivity index is 2.51. The average molecular weight is 212 g/mol. The van der Waals surface area contributed by atoms with Crippen LogP contribution in [0.2, 0.25) is 0 Å². The number of nitriles is 1. The maximum atomic E-state index is 8.84. The number of benzene rings is 1. The van der Waals surface area contributed by atoms with Gasteiger partial charge in [0.2, 0.25) is 0 Å². The van der Waals surface area contributed by atoms with Crippen LogP contribution >= 0.6 is 0 Å². The fourth-order valence-corrected chi connectivity index (χ4v) is 1.58. The minimum Gasteiger partial charge on any atom is -0.323 e. The smallest absolute Gasteiger partial charge is 0.0994 e. The van der Waals surface area contributed by atoms with Gasteiger partial charge in [-0.15, -0.1) is 0 Å². The maximum Gasteiger partial charge on any atom is 0.0994 e. The van der Waals surface area contributed by atoms with Gasteiger partial charge in [0, 0.05) is 11.7 Å². The Kier molecular flexibility index (Phi) is 2.71. The van der Waals surface area contributed by atoms with Crippen LogP contribution in [0.3, 0.4) is 0 Å². The third kappa shape index (κ3) is 1.81. The second-order valence-electron chi connectivity index (χ2n) is 3.64. The number of aromatic nitrogens is 2. The zero-order chi connectivity index (χ0) is 11.5. The van der Waals surface area contributed by atoms with Crippen molar-refractivity contribution in [2.24, 2.45) is 5.73 Å². The first-order valence-corrected chi connectivity index (χ1v) is 5.00. The molecule has 1 atom stereocenters. The molecule has 0 spiro atoms. The van der Waals surface area contributed by atoms with E-state index in [4.69, 9.17) is 11.0 Å². The number of nitrogens with two attached hydrogens (primary N) is 1. The molecule has 2 rings (SSSR count). The Bertz CT molecular complexity index is 534. The van der Waals surface area contributed by atoms with Crippen LogP contribution in [-0.2, 0) is 0 Å². The highest BCUT2D eigenvalue weighted by Crippen LogP contribution is 2.16. The molecule has 0 fully saturated rings. The first kappa shape index (κ1) is 10.4. The maximum absolute atomic E-state index is 8.84. The van der Waals surface area contributed by atoms with Crippen LogP contribution < -0.4 is 5.73 Å². The summed E-state index contributed by atoms with van der Waals surface area (Å²) in [5, 5.41) is 8.84. The molecule has 80 valence electrons. The number of hydrogen-bond acceptors (Lipinski definition) is 3. The topological polar surface area (TPSA) is 67.6 Å². The molecule has 4 nitrogen and oxygen atoms in total. The van der Waals surface area contributed by atoms with Gasteiger partial charge in [-0.2, -0.15) is 5.26 Å². The fraction of sp³-hybridized carbons (Fsp3) is 0.167. The van der Waals surface area contributed by atoms with Gasteiger partial charge in [0.05, 0.1) is 29.9 Å². The summed E-state index contributed by atoms with van der Waals surface area (Å²) in [4.78, 5) is 4.08. The Labute approximate surface area is 94.0 Å². The lowest BCUT2D eigenvalue weighted by Crippen LogP contribution is -2.10. The predicted octanol–water partition coefficient (Wildman–Crippen LogP) is 1.76. The van der Waals surface area contributed by atoms with Crippen molar-refractivity contribution < 1.29 is 0 Å². The molecule has 4 heteroatoms. The first-order chi connectivity index (χ1) is 7.72. The monoisotopic (exact) mass is 212 g/mol. The van der Waals surface area contributed by atoms with E-state index < -0.39 is 0 Å². The van der Waals surface area contributed by atoms with E-state index in [1.807, 2.05) is 29.7 Å². The van der Waals surface area contributed by atoms with Crippen LogP contribution in [0.25, 0.3) is 5.69 Å². The van der Waals surface area contributed by atoms with Crippen LogP contribution in [0.1, 0.15) is 24.2 Å². The molecular weight excluding hydrogens is 200 g/mol. The first-order valence-electron chi connectivity index (χ1n) is 5.00. The van der Waals surface area contributed by atoms with Gasteiger partial charge in [0.25, 0.3) is 0 Å².